The minimum atomic E-state index is -0.885. The lowest BCUT2D eigenvalue weighted by atomic mass is 9.94. The monoisotopic (exact) mass is 582 g/mol. The average molecular weight is 583 g/mol. The van der Waals surface area contributed by atoms with E-state index in [-0.39, 0.29) is 17.4 Å². The third-order valence-electron chi connectivity index (χ3n) is 7.78. The summed E-state index contributed by atoms with van der Waals surface area (Å²) < 4.78 is 12.8. The number of benzene rings is 3. The minimum Gasteiger partial charge on any atom is -0.507 e. The van der Waals surface area contributed by atoms with E-state index in [2.05, 4.69) is 13.8 Å². The Bertz CT molecular complexity index is 1750. The van der Waals surface area contributed by atoms with E-state index in [0.717, 1.165) is 39.1 Å². The Balaban J connectivity index is 1.50. The number of ether oxygens (including phenoxy) is 2. The Labute approximate surface area is 249 Å². The number of hydrogen-bond donors (Lipinski definition) is 1. The zero-order valence-corrected chi connectivity index (χ0v) is 25.2. The van der Waals surface area contributed by atoms with Crippen molar-refractivity contribution < 1.29 is 24.2 Å². The normalized spacial score (nSPS) is 19.5. The van der Waals surface area contributed by atoms with E-state index in [1.807, 2.05) is 63.2 Å². The number of ketones is 1. The molecule has 0 bridgehead atoms. The molecule has 216 valence electrons. The van der Waals surface area contributed by atoms with E-state index in [0.29, 0.717) is 41.0 Å². The van der Waals surface area contributed by atoms with Gasteiger partial charge in [-0.1, -0.05) is 43.4 Å². The van der Waals surface area contributed by atoms with Crippen LogP contribution in [0.15, 0.2) is 60.2 Å². The van der Waals surface area contributed by atoms with Crippen LogP contribution in [0.5, 0.6) is 11.5 Å². The SMILES string of the molecule is Cc1cc(C)c2nc(N3C(=O)C(=O)/C(=C(/O)c4ccc5c(c4)C[C@@H](C)O5)[C@H]3c3cccc(OCCC(C)C)c3)sc2c1. The van der Waals surface area contributed by atoms with Crippen LogP contribution in [0, 0.1) is 19.8 Å². The standard InChI is InChI=1S/C34H34N2O5S/c1-18(2)11-12-40-25-8-6-7-22(17-25)30-28(31(37)23-9-10-26-24(16-23)15-21(5)41-26)32(38)33(39)36(30)34-35-29-20(4)13-19(3)14-27(29)42-34/h6-10,13-14,16-18,21,30,37H,11-12,15H2,1-5H3/b31-28+/t21-,30-/m1/s1. The fourth-order valence-electron chi connectivity index (χ4n) is 5.72. The van der Waals surface area contributed by atoms with Gasteiger partial charge in [-0.25, -0.2) is 4.98 Å². The molecule has 0 unspecified atom stereocenters. The molecule has 3 heterocycles. The van der Waals surface area contributed by atoms with Gasteiger partial charge in [0.25, 0.3) is 5.78 Å². The summed E-state index contributed by atoms with van der Waals surface area (Å²) in [5.74, 6) is 0.204. The summed E-state index contributed by atoms with van der Waals surface area (Å²) >= 11 is 1.36. The van der Waals surface area contributed by atoms with E-state index in [9.17, 15) is 14.7 Å². The highest BCUT2D eigenvalue weighted by molar-refractivity contribution is 7.22. The molecule has 1 N–H and O–H groups in total. The fourth-order valence-corrected chi connectivity index (χ4v) is 6.89. The van der Waals surface area contributed by atoms with Crippen molar-refractivity contribution in [3.63, 3.8) is 0 Å². The second-order valence-electron chi connectivity index (χ2n) is 11.7. The predicted octanol–water partition coefficient (Wildman–Crippen LogP) is 7.29. The summed E-state index contributed by atoms with van der Waals surface area (Å²) in [6.07, 6.45) is 1.63. The number of amides is 1. The number of aryl methyl sites for hydroxylation is 2. The molecule has 7 nitrogen and oxygen atoms in total. The smallest absolute Gasteiger partial charge is 0.301 e. The highest BCUT2D eigenvalue weighted by Crippen LogP contribution is 2.45. The van der Waals surface area contributed by atoms with Crippen molar-refractivity contribution in [1.29, 1.82) is 0 Å². The molecule has 1 aromatic heterocycles. The number of rotatable bonds is 7. The van der Waals surface area contributed by atoms with Crippen molar-refractivity contribution in [3.05, 3.63) is 88.0 Å². The number of thiazole rings is 1. The van der Waals surface area contributed by atoms with Crippen molar-refractivity contribution in [3.8, 4) is 11.5 Å². The Morgan fingerprint density at radius 1 is 1.14 bits per heavy atom. The number of carbonyl (C=O) groups excluding carboxylic acids is 2. The zero-order chi connectivity index (χ0) is 29.7. The van der Waals surface area contributed by atoms with Crippen LogP contribution < -0.4 is 14.4 Å². The number of nitrogens with zero attached hydrogens (tertiary/aromatic N) is 2. The van der Waals surface area contributed by atoms with Crippen LogP contribution >= 0.6 is 11.3 Å². The summed E-state index contributed by atoms with van der Waals surface area (Å²) in [6.45, 7) is 10.8. The highest BCUT2D eigenvalue weighted by atomic mass is 32.1. The second-order valence-corrected chi connectivity index (χ2v) is 12.7. The summed E-state index contributed by atoms with van der Waals surface area (Å²) in [5.41, 5.74) is 4.98. The minimum absolute atomic E-state index is 0.0263. The molecule has 0 aliphatic carbocycles. The van der Waals surface area contributed by atoms with E-state index >= 15 is 0 Å². The molecule has 2 atom stereocenters. The van der Waals surface area contributed by atoms with Crippen LogP contribution in [-0.2, 0) is 16.0 Å². The molecule has 0 radical (unpaired) electrons. The molecule has 3 aromatic carbocycles. The third-order valence-corrected chi connectivity index (χ3v) is 8.78. The van der Waals surface area contributed by atoms with Crippen LogP contribution in [0.3, 0.4) is 0 Å². The molecule has 8 heteroatoms. The predicted molar refractivity (Wildman–Crippen MR) is 166 cm³/mol. The van der Waals surface area contributed by atoms with E-state index in [1.165, 1.54) is 16.2 Å². The number of carbonyl (C=O) groups is 2. The Morgan fingerprint density at radius 3 is 2.74 bits per heavy atom. The molecule has 0 saturated carbocycles. The van der Waals surface area contributed by atoms with E-state index in [1.54, 1.807) is 12.1 Å². The van der Waals surface area contributed by atoms with Crippen molar-refractivity contribution >= 4 is 44.1 Å². The summed E-state index contributed by atoms with van der Waals surface area (Å²) in [6, 6.07) is 16.0. The maximum absolute atomic E-state index is 13.8. The lowest BCUT2D eigenvalue weighted by molar-refractivity contribution is -0.132. The average Bonchev–Trinajstić information content (AvgIpc) is 3.61. The first-order chi connectivity index (χ1) is 20.1. The molecule has 1 saturated heterocycles. The van der Waals surface area contributed by atoms with Crippen molar-refractivity contribution in [1.82, 2.24) is 4.98 Å². The molecule has 4 aromatic rings. The Hall–Kier alpha value is -4.17. The first-order valence-corrected chi connectivity index (χ1v) is 15.1. The molecule has 0 spiro atoms. The van der Waals surface area contributed by atoms with Gasteiger partial charge >= 0.3 is 5.91 Å². The van der Waals surface area contributed by atoms with Crippen molar-refractivity contribution in [2.75, 3.05) is 11.5 Å². The molecule has 1 amide bonds. The number of aliphatic hydroxyl groups excluding tert-OH is 1. The summed E-state index contributed by atoms with van der Waals surface area (Å²) in [4.78, 5) is 33.8. The molecular formula is C34H34N2O5S. The highest BCUT2D eigenvalue weighted by Gasteiger charge is 2.48. The van der Waals surface area contributed by atoms with Crippen molar-refractivity contribution in [2.45, 2.75) is 59.6 Å². The van der Waals surface area contributed by atoms with Gasteiger partial charge in [0.1, 0.15) is 23.4 Å². The van der Waals surface area contributed by atoms with Gasteiger partial charge in [-0.3, -0.25) is 14.5 Å². The van der Waals surface area contributed by atoms with E-state index < -0.39 is 17.7 Å². The van der Waals surface area contributed by atoms with Gasteiger partial charge in [-0.15, -0.1) is 0 Å². The maximum atomic E-state index is 13.8. The summed E-state index contributed by atoms with van der Waals surface area (Å²) in [7, 11) is 0. The first kappa shape index (κ1) is 28.0. The van der Waals surface area contributed by atoms with Gasteiger partial charge in [0, 0.05) is 12.0 Å². The van der Waals surface area contributed by atoms with Crippen LogP contribution in [0.1, 0.15) is 61.1 Å². The fraction of sp³-hybridized carbons (Fsp3) is 0.324. The maximum Gasteiger partial charge on any atom is 0.301 e. The molecule has 2 aliphatic rings. The van der Waals surface area contributed by atoms with Gasteiger partial charge in [0.2, 0.25) is 0 Å². The number of anilines is 1. The van der Waals surface area contributed by atoms with Gasteiger partial charge in [-0.05, 0) is 91.8 Å². The lowest BCUT2D eigenvalue weighted by Gasteiger charge is -2.23. The lowest BCUT2D eigenvalue weighted by Crippen LogP contribution is -2.29. The Kier molecular flexibility index (Phi) is 7.27. The number of aliphatic hydroxyl groups is 1. The molecule has 6 rings (SSSR count). The van der Waals surface area contributed by atoms with Gasteiger partial charge in [0.05, 0.1) is 28.4 Å². The number of Topliss-reactive ketones (excluding diaryl/α,β-unsaturated/α-hetero) is 1. The van der Waals surface area contributed by atoms with Crippen LogP contribution in [0.2, 0.25) is 0 Å². The first-order valence-electron chi connectivity index (χ1n) is 14.3. The van der Waals surface area contributed by atoms with Gasteiger partial charge in [-0.2, -0.15) is 0 Å². The largest absolute Gasteiger partial charge is 0.507 e. The molecular weight excluding hydrogens is 548 g/mol. The number of hydrogen-bond acceptors (Lipinski definition) is 7. The quantitative estimate of drug-likeness (QED) is 0.140. The zero-order valence-electron chi connectivity index (χ0n) is 24.4. The van der Waals surface area contributed by atoms with Crippen LogP contribution in [0.4, 0.5) is 5.13 Å². The number of fused-ring (bicyclic) bond motifs is 2. The van der Waals surface area contributed by atoms with Gasteiger partial charge < -0.3 is 14.6 Å². The number of aromatic nitrogens is 1. The van der Waals surface area contributed by atoms with Crippen LogP contribution in [0.25, 0.3) is 16.0 Å². The molecule has 1 fully saturated rings. The molecule has 42 heavy (non-hydrogen) atoms. The second kappa shape index (κ2) is 10.9. The summed E-state index contributed by atoms with van der Waals surface area (Å²) in [5, 5.41) is 12.1. The topological polar surface area (TPSA) is 89.0 Å². The molecule has 2 aliphatic heterocycles. The van der Waals surface area contributed by atoms with Crippen molar-refractivity contribution in [2.24, 2.45) is 5.92 Å². The Morgan fingerprint density at radius 2 is 1.95 bits per heavy atom. The van der Waals surface area contributed by atoms with Crippen LogP contribution in [-0.4, -0.2) is 34.5 Å². The third kappa shape index (κ3) is 5.04. The van der Waals surface area contributed by atoms with E-state index in [4.69, 9.17) is 14.5 Å². The van der Waals surface area contributed by atoms with Gasteiger partial charge in [0.15, 0.2) is 5.13 Å².